The molecule has 1 heterocycles. The van der Waals surface area contributed by atoms with Crippen LogP contribution >= 0.6 is 0 Å². The molecule has 1 saturated heterocycles. The highest BCUT2D eigenvalue weighted by atomic mass is 19.1. The van der Waals surface area contributed by atoms with Crippen LogP contribution in [0.25, 0.3) is 0 Å². The molecule has 1 fully saturated rings. The minimum Gasteiger partial charge on any atom is -0.329 e. The highest BCUT2D eigenvalue weighted by Crippen LogP contribution is 2.31. The molecule has 1 aromatic rings. The second-order valence-electron chi connectivity index (χ2n) is 5.87. The third-order valence-corrected chi connectivity index (χ3v) is 4.51. The van der Waals surface area contributed by atoms with Gasteiger partial charge < -0.3 is 5.73 Å². The first-order valence-electron chi connectivity index (χ1n) is 7.31. The molecular weight excluding hydrogens is 239 g/mol. The van der Waals surface area contributed by atoms with Crippen molar-refractivity contribution < 1.29 is 4.39 Å². The predicted molar refractivity (Wildman–Crippen MR) is 77.6 cm³/mol. The van der Waals surface area contributed by atoms with E-state index in [4.69, 9.17) is 5.73 Å². The van der Waals surface area contributed by atoms with Gasteiger partial charge in [0.05, 0.1) is 0 Å². The van der Waals surface area contributed by atoms with Gasteiger partial charge in [0.25, 0.3) is 0 Å². The summed E-state index contributed by atoms with van der Waals surface area (Å²) in [5.41, 5.74) is 6.67. The smallest absolute Gasteiger partial charge is 0.126 e. The number of likely N-dealkylation sites (tertiary alicyclic amines) is 1. The first-order valence-corrected chi connectivity index (χ1v) is 7.31. The monoisotopic (exact) mass is 264 g/mol. The fourth-order valence-corrected chi connectivity index (χ4v) is 3.31. The molecule has 2 atom stereocenters. The molecule has 2 unspecified atom stereocenters. The third-order valence-electron chi connectivity index (χ3n) is 4.51. The van der Waals surface area contributed by atoms with Gasteiger partial charge in [0, 0.05) is 18.1 Å². The Bertz CT molecular complexity index is 421. The average molecular weight is 264 g/mol. The van der Waals surface area contributed by atoms with Gasteiger partial charge in [-0.1, -0.05) is 25.1 Å². The molecule has 0 spiro atoms. The molecule has 2 rings (SSSR count). The summed E-state index contributed by atoms with van der Waals surface area (Å²) in [5, 5.41) is 0. The number of benzene rings is 1. The Hall–Kier alpha value is -0.930. The largest absolute Gasteiger partial charge is 0.329 e. The summed E-state index contributed by atoms with van der Waals surface area (Å²) >= 11 is 0. The second-order valence-corrected chi connectivity index (χ2v) is 5.87. The minimum atomic E-state index is -0.140. The molecule has 0 amide bonds. The van der Waals surface area contributed by atoms with Gasteiger partial charge >= 0.3 is 0 Å². The molecule has 0 aliphatic carbocycles. The van der Waals surface area contributed by atoms with E-state index >= 15 is 0 Å². The van der Waals surface area contributed by atoms with Crippen LogP contribution < -0.4 is 5.73 Å². The van der Waals surface area contributed by atoms with Gasteiger partial charge in [0.1, 0.15) is 5.82 Å². The van der Waals surface area contributed by atoms with Crippen molar-refractivity contribution in [1.29, 1.82) is 0 Å². The van der Waals surface area contributed by atoms with E-state index in [1.165, 1.54) is 18.9 Å². The van der Waals surface area contributed by atoms with Gasteiger partial charge in [0.2, 0.25) is 0 Å². The first-order chi connectivity index (χ1) is 9.10. The maximum Gasteiger partial charge on any atom is 0.126 e. The standard InChI is InChI=1S/C16H25FN2/c1-3-14-8-6-10-19(14)16(2,12-18)11-13-7-4-5-9-15(13)17/h4-5,7,9,14H,3,6,8,10-12,18H2,1-2H3. The van der Waals surface area contributed by atoms with Crippen LogP contribution in [0, 0.1) is 5.82 Å². The van der Waals surface area contributed by atoms with Crippen molar-refractivity contribution >= 4 is 0 Å². The summed E-state index contributed by atoms with van der Waals surface area (Å²) in [6, 6.07) is 7.65. The van der Waals surface area contributed by atoms with Crippen molar-refractivity contribution in [2.75, 3.05) is 13.1 Å². The second kappa shape index (κ2) is 6.02. The van der Waals surface area contributed by atoms with E-state index in [0.29, 0.717) is 19.0 Å². The zero-order valence-electron chi connectivity index (χ0n) is 12.0. The van der Waals surface area contributed by atoms with E-state index in [0.717, 1.165) is 18.5 Å². The molecule has 106 valence electrons. The summed E-state index contributed by atoms with van der Waals surface area (Å²) in [5.74, 6) is -0.116. The highest BCUT2D eigenvalue weighted by Gasteiger charge is 2.37. The molecule has 0 radical (unpaired) electrons. The Morgan fingerprint density at radius 2 is 2.16 bits per heavy atom. The van der Waals surface area contributed by atoms with Crippen molar-refractivity contribution in [2.45, 2.75) is 51.1 Å². The van der Waals surface area contributed by atoms with Crippen molar-refractivity contribution in [3.8, 4) is 0 Å². The lowest BCUT2D eigenvalue weighted by Gasteiger charge is -2.42. The van der Waals surface area contributed by atoms with Crippen LogP contribution in [-0.4, -0.2) is 29.6 Å². The molecule has 1 aromatic carbocycles. The number of halogens is 1. The lowest BCUT2D eigenvalue weighted by molar-refractivity contribution is 0.0927. The molecule has 3 heteroatoms. The highest BCUT2D eigenvalue weighted by molar-refractivity contribution is 5.20. The molecule has 1 aliphatic heterocycles. The normalized spacial score (nSPS) is 23.5. The average Bonchev–Trinajstić information content (AvgIpc) is 2.90. The summed E-state index contributed by atoms with van der Waals surface area (Å²) < 4.78 is 13.9. The quantitative estimate of drug-likeness (QED) is 0.886. The lowest BCUT2D eigenvalue weighted by Crippen LogP contribution is -2.55. The minimum absolute atomic E-state index is 0.116. The zero-order chi connectivity index (χ0) is 13.9. The van der Waals surface area contributed by atoms with E-state index < -0.39 is 0 Å². The topological polar surface area (TPSA) is 29.3 Å². The van der Waals surface area contributed by atoms with Gasteiger partial charge in [-0.2, -0.15) is 0 Å². The van der Waals surface area contributed by atoms with E-state index in [2.05, 4.69) is 18.7 Å². The molecular formula is C16H25FN2. The van der Waals surface area contributed by atoms with E-state index in [-0.39, 0.29) is 11.4 Å². The zero-order valence-corrected chi connectivity index (χ0v) is 12.0. The predicted octanol–water partition coefficient (Wildman–Crippen LogP) is 2.96. The van der Waals surface area contributed by atoms with Gasteiger partial charge in [0.15, 0.2) is 0 Å². The van der Waals surface area contributed by atoms with Gasteiger partial charge in [-0.3, -0.25) is 4.90 Å². The Kier molecular flexibility index (Phi) is 4.58. The van der Waals surface area contributed by atoms with Gasteiger partial charge in [-0.05, 0) is 50.8 Å². The molecule has 2 N–H and O–H groups in total. The van der Waals surface area contributed by atoms with Crippen LogP contribution in [0.3, 0.4) is 0 Å². The van der Waals surface area contributed by atoms with Gasteiger partial charge in [-0.15, -0.1) is 0 Å². The Labute approximate surface area is 115 Å². The Morgan fingerprint density at radius 1 is 1.42 bits per heavy atom. The first kappa shape index (κ1) is 14.5. The summed E-state index contributed by atoms with van der Waals surface area (Å²) in [7, 11) is 0. The summed E-state index contributed by atoms with van der Waals surface area (Å²) in [6.07, 6.45) is 4.30. The van der Waals surface area contributed by atoms with Crippen LogP contribution in [0.1, 0.15) is 38.7 Å². The maximum absolute atomic E-state index is 13.9. The lowest BCUT2D eigenvalue weighted by atomic mass is 9.89. The van der Waals surface area contributed by atoms with Crippen molar-refractivity contribution in [3.05, 3.63) is 35.6 Å². The van der Waals surface area contributed by atoms with Crippen LogP contribution in [0.2, 0.25) is 0 Å². The van der Waals surface area contributed by atoms with E-state index in [1.54, 1.807) is 6.07 Å². The molecule has 0 saturated carbocycles. The molecule has 19 heavy (non-hydrogen) atoms. The van der Waals surface area contributed by atoms with Crippen molar-refractivity contribution in [3.63, 3.8) is 0 Å². The van der Waals surface area contributed by atoms with Crippen LogP contribution in [0.4, 0.5) is 4.39 Å². The van der Waals surface area contributed by atoms with Crippen LogP contribution in [-0.2, 0) is 6.42 Å². The van der Waals surface area contributed by atoms with Crippen molar-refractivity contribution in [2.24, 2.45) is 5.73 Å². The fourth-order valence-electron chi connectivity index (χ4n) is 3.31. The number of nitrogens with zero attached hydrogens (tertiary/aromatic N) is 1. The molecule has 1 aliphatic rings. The Morgan fingerprint density at radius 3 is 2.79 bits per heavy atom. The maximum atomic E-state index is 13.9. The van der Waals surface area contributed by atoms with Crippen LogP contribution in [0.15, 0.2) is 24.3 Å². The molecule has 0 aromatic heterocycles. The molecule has 0 bridgehead atoms. The summed E-state index contributed by atoms with van der Waals surface area (Å²) in [6.45, 7) is 6.05. The molecule has 2 nitrogen and oxygen atoms in total. The SMILES string of the molecule is CCC1CCCN1C(C)(CN)Cc1ccccc1F. The van der Waals surface area contributed by atoms with Crippen molar-refractivity contribution in [1.82, 2.24) is 4.90 Å². The van der Waals surface area contributed by atoms with E-state index in [9.17, 15) is 4.39 Å². The fraction of sp³-hybridized carbons (Fsp3) is 0.625. The number of nitrogens with two attached hydrogens (primary N) is 1. The van der Waals surface area contributed by atoms with E-state index in [1.807, 2.05) is 12.1 Å². The third kappa shape index (κ3) is 2.98. The van der Waals surface area contributed by atoms with Crippen LogP contribution in [0.5, 0.6) is 0 Å². The number of hydrogen-bond donors (Lipinski definition) is 1. The number of hydrogen-bond acceptors (Lipinski definition) is 2. The number of rotatable bonds is 5. The summed E-state index contributed by atoms with van der Waals surface area (Å²) in [4.78, 5) is 2.50. The Balaban J connectivity index is 2.20. The van der Waals surface area contributed by atoms with Gasteiger partial charge in [-0.25, -0.2) is 4.39 Å².